The lowest BCUT2D eigenvalue weighted by atomic mass is 10.0. The van der Waals surface area contributed by atoms with Crippen LogP contribution in [0.25, 0.3) is 0 Å². The van der Waals surface area contributed by atoms with Crippen LogP contribution in [-0.4, -0.2) is 37.3 Å². The molecule has 2 aromatic heterocycles. The molecule has 25 heavy (non-hydrogen) atoms. The Kier molecular flexibility index (Phi) is 5.50. The first-order valence-corrected chi connectivity index (χ1v) is 9.19. The molecular formula is C18H27N5O2. The van der Waals surface area contributed by atoms with Crippen molar-refractivity contribution in [1.82, 2.24) is 24.8 Å². The predicted molar refractivity (Wildman–Crippen MR) is 92.8 cm³/mol. The minimum absolute atomic E-state index is 0.0829. The Hall–Kier alpha value is -2.18. The Labute approximate surface area is 148 Å². The monoisotopic (exact) mass is 345 g/mol. The van der Waals surface area contributed by atoms with Gasteiger partial charge in [0.25, 0.3) is 0 Å². The normalized spacial score (nSPS) is 19.2. The predicted octanol–water partition coefficient (Wildman–Crippen LogP) is 3.00. The molecule has 0 aliphatic carbocycles. The second kappa shape index (κ2) is 7.80. The molecule has 1 aliphatic rings. The highest BCUT2D eigenvalue weighted by Gasteiger charge is 2.32. The summed E-state index contributed by atoms with van der Waals surface area (Å²) in [6, 6.07) is -0.0829. The topological polar surface area (TPSA) is 77.0 Å². The largest absolute Gasteiger partial charge is 0.337 e. The van der Waals surface area contributed by atoms with Gasteiger partial charge in [0.1, 0.15) is 6.04 Å². The van der Waals surface area contributed by atoms with Crippen LogP contribution < -0.4 is 0 Å². The maximum absolute atomic E-state index is 12.8. The highest BCUT2D eigenvalue weighted by Crippen LogP contribution is 2.31. The fraction of sp³-hybridized carbons (Fsp3) is 0.667. The van der Waals surface area contributed by atoms with Crippen molar-refractivity contribution in [3.8, 4) is 0 Å². The highest BCUT2D eigenvalue weighted by atomic mass is 16.5. The van der Waals surface area contributed by atoms with E-state index in [1.54, 1.807) is 4.68 Å². The standard InChI is InChI=1S/C18H27N5O2/c1-4-13(2)17-20-18(25-21-17)15-7-5-6-10-23(15)16(24)9-8-14-11-19-22(3)12-14/h11-13,15H,4-10H2,1-3H3/t13-,15+/m1/s1. The third-order valence-electron chi connectivity index (χ3n) is 5.00. The molecule has 1 amide bonds. The number of likely N-dealkylation sites (tertiary alicyclic amines) is 1. The number of aryl methyl sites for hydroxylation is 2. The van der Waals surface area contributed by atoms with Gasteiger partial charge in [0.05, 0.1) is 6.20 Å². The summed E-state index contributed by atoms with van der Waals surface area (Å²) >= 11 is 0. The van der Waals surface area contributed by atoms with Crippen LogP contribution in [0.5, 0.6) is 0 Å². The van der Waals surface area contributed by atoms with Crippen molar-refractivity contribution in [2.75, 3.05) is 6.54 Å². The van der Waals surface area contributed by atoms with E-state index in [9.17, 15) is 4.79 Å². The van der Waals surface area contributed by atoms with Crippen molar-refractivity contribution < 1.29 is 9.32 Å². The molecule has 0 bridgehead atoms. The number of hydrogen-bond acceptors (Lipinski definition) is 5. The average Bonchev–Trinajstić information content (AvgIpc) is 3.28. The Morgan fingerprint density at radius 2 is 2.28 bits per heavy atom. The fourth-order valence-corrected chi connectivity index (χ4v) is 3.25. The smallest absolute Gasteiger partial charge is 0.249 e. The van der Waals surface area contributed by atoms with Crippen LogP contribution in [0.3, 0.4) is 0 Å². The van der Waals surface area contributed by atoms with E-state index in [-0.39, 0.29) is 17.9 Å². The Bertz CT molecular complexity index is 708. The van der Waals surface area contributed by atoms with E-state index in [0.29, 0.717) is 18.7 Å². The van der Waals surface area contributed by atoms with Crippen LogP contribution >= 0.6 is 0 Å². The third kappa shape index (κ3) is 4.08. The minimum atomic E-state index is -0.0829. The first-order valence-electron chi connectivity index (χ1n) is 9.19. The van der Waals surface area contributed by atoms with Crippen LogP contribution in [-0.2, 0) is 18.3 Å². The molecule has 0 N–H and O–H groups in total. The molecule has 7 heteroatoms. The number of amides is 1. The first kappa shape index (κ1) is 17.6. The van der Waals surface area contributed by atoms with E-state index in [1.165, 1.54) is 0 Å². The second-order valence-corrected chi connectivity index (χ2v) is 6.92. The quantitative estimate of drug-likeness (QED) is 0.804. The molecule has 2 aromatic rings. The fourth-order valence-electron chi connectivity index (χ4n) is 3.25. The zero-order chi connectivity index (χ0) is 17.8. The third-order valence-corrected chi connectivity index (χ3v) is 5.00. The van der Waals surface area contributed by atoms with Crippen molar-refractivity contribution in [2.45, 2.75) is 64.3 Å². The summed E-state index contributed by atoms with van der Waals surface area (Å²) in [4.78, 5) is 19.3. The summed E-state index contributed by atoms with van der Waals surface area (Å²) in [6.45, 7) is 4.96. The molecule has 1 fully saturated rings. The summed E-state index contributed by atoms with van der Waals surface area (Å²) in [6.07, 6.45) is 8.93. The summed E-state index contributed by atoms with van der Waals surface area (Å²) in [5.74, 6) is 1.75. The molecule has 0 saturated carbocycles. The molecule has 0 unspecified atom stereocenters. The summed E-state index contributed by atoms with van der Waals surface area (Å²) in [7, 11) is 1.89. The van der Waals surface area contributed by atoms with Crippen LogP contribution in [0, 0.1) is 0 Å². The number of hydrogen-bond donors (Lipinski definition) is 0. The van der Waals surface area contributed by atoms with Crippen LogP contribution in [0.1, 0.15) is 75.2 Å². The lowest BCUT2D eigenvalue weighted by molar-refractivity contribution is -0.135. The van der Waals surface area contributed by atoms with Gasteiger partial charge < -0.3 is 9.42 Å². The minimum Gasteiger partial charge on any atom is -0.337 e. The molecule has 0 aromatic carbocycles. The average molecular weight is 345 g/mol. The zero-order valence-corrected chi connectivity index (χ0v) is 15.3. The molecule has 3 heterocycles. The van der Waals surface area contributed by atoms with Crippen molar-refractivity contribution in [3.63, 3.8) is 0 Å². The van der Waals surface area contributed by atoms with Crippen molar-refractivity contribution in [2.24, 2.45) is 7.05 Å². The molecule has 7 nitrogen and oxygen atoms in total. The van der Waals surface area contributed by atoms with Crippen molar-refractivity contribution >= 4 is 5.91 Å². The van der Waals surface area contributed by atoms with E-state index in [4.69, 9.17) is 4.52 Å². The van der Waals surface area contributed by atoms with E-state index >= 15 is 0 Å². The molecule has 136 valence electrons. The van der Waals surface area contributed by atoms with Gasteiger partial charge >= 0.3 is 0 Å². The first-order chi connectivity index (χ1) is 12.1. The summed E-state index contributed by atoms with van der Waals surface area (Å²) in [5, 5.41) is 8.27. The lowest BCUT2D eigenvalue weighted by Crippen LogP contribution is -2.38. The van der Waals surface area contributed by atoms with Gasteiger partial charge in [-0.3, -0.25) is 9.48 Å². The van der Waals surface area contributed by atoms with Crippen LogP contribution in [0.2, 0.25) is 0 Å². The van der Waals surface area contributed by atoms with Gasteiger partial charge in [-0.05, 0) is 37.7 Å². The SMILES string of the molecule is CC[C@@H](C)c1noc([C@@H]2CCCCN2C(=O)CCc2cnn(C)c2)n1. The van der Waals surface area contributed by atoms with Crippen molar-refractivity contribution in [3.05, 3.63) is 29.7 Å². The van der Waals surface area contributed by atoms with Gasteiger partial charge in [-0.2, -0.15) is 10.1 Å². The molecule has 0 spiro atoms. The highest BCUT2D eigenvalue weighted by molar-refractivity contribution is 5.77. The summed E-state index contributed by atoms with van der Waals surface area (Å²) in [5.41, 5.74) is 1.08. The van der Waals surface area contributed by atoms with Crippen molar-refractivity contribution in [1.29, 1.82) is 0 Å². The van der Waals surface area contributed by atoms with E-state index < -0.39 is 0 Å². The number of rotatable bonds is 6. The van der Waals surface area contributed by atoms with Gasteiger partial charge in [0.2, 0.25) is 11.8 Å². The van der Waals surface area contributed by atoms with Gasteiger partial charge in [-0.15, -0.1) is 0 Å². The lowest BCUT2D eigenvalue weighted by Gasteiger charge is -2.33. The van der Waals surface area contributed by atoms with Gasteiger partial charge in [-0.25, -0.2) is 0 Å². The second-order valence-electron chi connectivity index (χ2n) is 6.92. The molecular weight excluding hydrogens is 318 g/mol. The van der Waals surface area contributed by atoms with Gasteiger partial charge in [0.15, 0.2) is 5.82 Å². The van der Waals surface area contributed by atoms with Crippen LogP contribution in [0.4, 0.5) is 0 Å². The number of carbonyl (C=O) groups excluding carboxylic acids is 1. The molecule has 0 radical (unpaired) electrons. The summed E-state index contributed by atoms with van der Waals surface area (Å²) < 4.78 is 7.27. The maximum atomic E-state index is 12.8. The van der Waals surface area contributed by atoms with E-state index in [1.807, 2.05) is 24.3 Å². The molecule has 1 aliphatic heterocycles. The van der Waals surface area contributed by atoms with Gasteiger partial charge in [0, 0.05) is 32.1 Å². The molecule has 3 rings (SSSR count). The Balaban J connectivity index is 1.67. The number of carbonyl (C=O) groups is 1. The Morgan fingerprint density at radius 1 is 1.44 bits per heavy atom. The van der Waals surface area contributed by atoms with Crippen LogP contribution in [0.15, 0.2) is 16.9 Å². The van der Waals surface area contributed by atoms with E-state index in [0.717, 1.165) is 43.6 Å². The number of aromatic nitrogens is 4. The number of piperidine rings is 1. The van der Waals surface area contributed by atoms with Gasteiger partial charge in [-0.1, -0.05) is 19.0 Å². The Morgan fingerprint density at radius 3 is 3.00 bits per heavy atom. The zero-order valence-electron chi connectivity index (χ0n) is 15.3. The maximum Gasteiger partial charge on any atom is 0.249 e. The number of nitrogens with zero attached hydrogens (tertiary/aromatic N) is 5. The van der Waals surface area contributed by atoms with E-state index in [2.05, 4.69) is 29.1 Å². The molecule has 2 atom stereocenters. The molecule has 1 saturated heterocycles.